The predicted octanol–water partition coefficient (Wildman–Crippen LogP) is 2.05. The smallest absolute Gasteiger partial charge is 0.409 e. The largest absolute Gasteiger partial charge is 0.447 e. The van der Waals surface area contributed by atoms with Crippen molar-refractivity contribution in [3.05, 3.63) is 46.7 Å². The van der Waals surface area contributed by atoms with E-state index in [1.54, 1.807) is 20.3 Å². The number of fused-ring (bicyclic) bond motifs is 1. The highest BCUT2D eigenvalue weighted by Crippen LogP contribution is 2.33. The fourth-order valence-electron chi connectivity index (χ4n) is 2.82. The standard InChI is InChI=1S/C16H19ClN4O4S/c1-20(2)16(22)25-10-15-13-9-18-19-14(13)7-8-21(15)26(23,24)12-5-3-11(17)4-6-12/h3-6,9,15H,7-8,10H2,1-2H3,(H,18,19). The van der Waals surface area contributed by atoms with Crippen LogP contribution in [0.25, 0.3) is 0 Å². The molecule has 1 N–H and O–H groups in total. The van der Waals surface area contributed by atoms with Crippen molar-refractivity contribution < 1.29 is 17.9 Å². The maximum absolute atomic E-state index is 13.1. The summed E-state index contributed by atoms with van der Waals surface area (Å²) in [6, 6.07) is 5.34. The molecule has 1 aromatic carbocycles. The molecule has 140 valence electrons. The molecule has 2 aromatic rings. The van der Waals surface area contributed by atoms with Crippen molar-refractivity contribution in [2.75, 3.05) is 27.2 Å². The van der Waals surface area contributed by atoms with Gasteiger partial charge in [0.1, 0.15) is 6.61 Å². The second kappa shape index (κ2) is 7.26. The van der Waals surface area contributed by atoms with Crippen molar-refractivity contribution in [3.63, 3.8) is 0 Å². The van der Waals surface area contributed by atoms with Crippen LogP contribution in [0.15, 0.2) is 35.4 Å². The Hall–Kier alpha value is -2.10. The van der Waals surface area contributed by atoms with Gasteiger partial charge in [0.25, 0.3) is 0 Å². The molecular formula is C16H19ClN4O4S. The lowest BCUT2D eigenvalue weighted by Gasteiger charge is -2.34. The van der Waals surface area contributed by atoms with Crippen molar-refractivity contribution in [2.24, 2.45) is 0 Å². The lowest BCUT2D eigenvalue weighted by atomic mass is 10.0. The number of hydrogen-bond donors (Lipinski definition) is 1. The summed E-state index contributed by atoms with van der Waals surface area (Å²) < 4.78 is 32.9. The number of hydrogen-bond acceptors (Lipinski definition) is 5. The minimum absolute atomic E-state index is 0.101. The van der Waals surface area contributed by atoms with Crippen LogP contribution in [0.2, 0.25) is 5.02 Å². The average Bonchev–Trinajstić information content (AvgIpc) is 3.08. The maximum atomic E-state index is 13.1. The van der Waals surface area contributed by atoms with E-state index >= 15 is 0 Å². The van der Waals surface area contributed by atoms with Crippen LogP contribution < -0.4 is 0 Å². The number of ether oxygens (including phenoxy) is 1. The van der Waals surface area contributed by atoms with Crippen molar-refractivity contribution in [1.29, 1.82) is 0 Å². The molecule has 0 saturated carbocycles. The normalized spacial score (nSPS) is 17.6. The monoisotopic (exact) mass is 398 g/mol. The van der Waals surface area contributed by atoms with E-state index in [1.807, 2.05) is 0 Å². The molecule has 1 amide bonds. The minimum Gasteiger partial charge on any atom is -0.447 e. The first-order chi connectivity index (χ1) is 12.3. The number of aromatic nitrogens is 2. The molecule has 0 bridgehead atoms. The summed E-state index contributed by atoms with van der Waals surface area (Å²) in [4.78, 5) is 13.2. The molecule has 1 aromatic heterocycles. The number of carbonyl (C=O) groups excluding carboxylic acids is 1. The zero-order valence-corrected chi connectivity index (χ0v) is 15.9. The van der Waals surface area contributed by atoms with Crippen molar-refractivity contribution in [3.8, 4) is 0 Å². The first-order valence-corrected chi connectivity index (χ1v) is 9.76. The Kier molecular flexibility index (Phi) is 5.22. The molecule has 2 heterocycles. The third-order valence-electron chi connectivity index (χ3n) is 4.19. The van der Waals surface area contributed by atoms with Crippen LogP contribution in [0.5, 0.6) is 0 Å². The van der Waals surface area contributed by atoms with Crippen LogP contribution in [0.3, 0.4) is 0 Å². The Balaban J connectivity index is 1.93. The molecule has 1 unspecified atom stereocenters. The number of carbonyl (C=O) groups is 1. The van der Waals surface area contributed by atoms with Crippen LogP contribution in [-0.2, 0) is 21.2 Å². The van der Waals surface area contributed by atoms with Gasteiger partial charge in [0.2, 0.25) is 10.0 Å². The number of nitrogens with zero attached hydrogens (tertiary/aromatic N) is 3. The van der Waals surface area contributed by atoms with E-state index in [2.05, 4.69) is 10.2 Å². The maximum Gasteiger partial charge on any atom is 0.409 e. The second-order valence-electron chi connectivity index (χ2n) is 6.11. The Morgan fingerprint density at radius 2 is 2.08 bits per heavy atom. The highest BCUT2D eigenvalue weighted by molar-refractivity contribution is 7.89. The molecular weight excluding hydrogens is 380 g/mol. The third kappa shape index (κ3) is 3.55. The number of amides is 1. The number of sulfonamides is 1. The van der Waals surface area contributed by atoms with Gasteiger partial charge in [-0.3, -0.25) is 5.10 Å². The molecule has 26 heavy (non-hydrogen) atoms. The molecule has 0 saturated heterocycles. The summed E-state index contributed by atoms with van der Waals surface area (Å²) in [5.74, 6) is 0. The third-order valence-corrected chi connectivity index (χ3v) is 6.36. The molecule has 0 spiro atoms. The lowest BCUT2D eigenvalue weighted by Crippen LogP contribution is -2.42. The summed E-state index contributed by atoms with van der Waals surface area (Å²) in [6.45, 7) is 0.153. The van der Waals surface area contributed by atoms with Crippen molar-refractivity contribution in [1.82, 2.24) is 19.4 Å². The number of halogens is 1. The summed E-state index contributed by atoms with van der Waals surface area (Å²) in [5, 5.41) is 7.33. The van der Waals surface area contributed by atoms with Crippen LogP contribution >= 0.6 is 11.6 Å². The highest BCUT2D eigenvalue weighted by Gasteiger charge is 2.38. The Labute approximate surface area is 156 Å². The molecule has 10 heteroatoms. The highest BCUT2D eigenvalue weighted by atomic mass is 35.5. The molecule has 0 radical (unpaired) electrons. The van der Waals surface area contributed by atoms with E-state index < -0.39 is 22.2 Å². The first-order valence-electron chi connectivity index (χ1n) is 7.94. The summed E-state index contributed by atoms with van der Waals surface area (Å²) in [7, 11) is -0.660. The fraction of sp³-hybridized carbons (Fsp3) is 0.375. The minimum atomic E-state index is -3.79. The Bertz CT molecular complexity index is 895. The molecule has 0 aliphatic carbocycles. The summed E-state index contributed by atoms with van der Waals surface area (Å²) >= 11 is 5.86. The first kappa shape index (κ1) is 18.7. The van der Waals surface area contributed by atoms with E-state index in [1.165, 1.54) is 33.5 Å². The van der Waals surface area contributed by atoms with Crippen LogP contribution in [0.4, 0.5) is 4.79 Å². The molecule has 1 aliphatic rings. The zero-order chi connectivity index (χ0) is 18.9. The Morgan fingerprint density at radius 3 is 2.73 bits per heavy atom. The number of aromatic amines is 1. The van der Waals surface area contributed by atoms with Gasteiger partial charge < -0.3 is 9.64 Å². The van der Waals surface area contributed by atoms with E-state index in [0.717, 1.165) is 5.69 Å². The number of benzene rings is 1. The van der Waals surface area contributed by atoms with Gasteiger partial charge in [-0.15, -0.1) is 0 Å². The van der Waals surface area contributed by atoms with Crippen LogP contribution in [0, 0.1) is 0 Å². The zero-order valence-electron chi connectivity index (χ0n) is 14.3. The summed E-state index contributed by atoms with van der Waals surface area (Å²) in [6.07, 6.45) is 1.54. The van der Waals surface area contributed by atoms with E-state index in [9.17, 15) is 13.2 Å². The molecule has 1 aliphatic heterocycles. The number of rotatable bonds is 4. The fourth-order valence-corrected chi connectivity index (χ4v) is 4.54. The van der Waals surface area contributed by atoms with Crippen molar-refractivity contribution in [2.45, 2.75) is 17.4 Å². The second-order valence-corrected chi connectivity index (χ2v) is 8.44. The summed E-state index contributed by atoms with van der Waals surface area (Å²) in [5.41, 5.74) is 1.55. The number of H-pyrrole nitrogens is 1. The molecule has 3 rings (SSSR count). The van der Waals surface area contributed by atoms with Gasteiger partial charge in [-0.2, -0.15) is 9.40 Å². The number of nitrogens with one attached hydrogen (secondary N) is 1. The predicted molar refractivity (Wildman–Crippen MR) is 95.4 cm³/mol. The van der Waals surface area contributed by atoms with Gasteiger partial charge in [0, 0.05) is 43.3 Å². The van der Waals surface area contributed by atoms with Gasteiger partial charge in [0.15, 0.2) is 0 Å². The molecule has 1 atom stereocenters. The van der Waals surface area contributed by atoms with Gasteiger partial charge in [-0.25, -0.2) is 13.2 Å². The topological polar surface area (TPSA) is 95.6 Å². The van der Waals surface area contributed by atoms with Crippen LogP contribution in [0.1, 0.15) is 17.3 Å². The van der Waals surface area contributed by atoms with Gasteiger partial charge in [-0.1, -0.05) is 11.6 Å². The molecule has 8 nitrogen and oxygen atoms in total. The van der Waals surface area contributed by atoms with Crippen LogP contribution in [-0.4, -0.2) is 61.2 Å². The lowest BCUT2D eigenvalue weighted by molar-refractivity contribution is 0.0923. The van der Waals surface area contributed by atoms with Crippen molar-refractivity contribution >= 4 is 27.7 Å². The average molecular weight is 399 g/mol. The van der Waals surface area contributed by atoms with Gasteiger partial charge in [0.05, 0.1) is 17.1 Å². The van der Waals surface area contributed by atoms with E-state index in [4.69, 9.17) is 16.3 Å². The molecule has 0 fully saturated rings. The SMILES string of the molecule is CN(C)C(=O)OCC1c2cn[nH]c2CCN1S(=O)(=O)c1ccc(Cl)cc1. The quantitative estimate of drug-likeness (QED) is 0.850. The van der Waals surface area contributed by atoms with Gasteiger partial charge in [-0.05, 0) is 24.3 Å². The van der Waals surface area contributed by atoms with Gasteiger partial charge >= 0.3 is 6.09 Å². The van der Waals surface area contributed by atoms with E-state index in [0.29, 0.717) is 17.0 Å². The van der Waals surface area contributed by atoms with E-state index in [-0.39, 0.29) is 18.0 Å². The Morgan fingerprint density at radius 1 is 1.38 bits per heavy atom.